The molecule has 0 aliphatic carbocycles. The predicted octanol–water partition coefficient (Wildman–Crippen LogP) is 2.98. The number of benzene rings is 1. The van der Waals surface area contributed by atoms with Crippen molar-refractivity contribution in [3.63, 3.8) is 0 Å². The molecule has 0 fully saturated rings. The number of carbonyl (C=O) groups is 1. The van der Waals surface area contributed by atoms with Crippen molar-refractivity contribution in [1.29, 1.82) is 0 Å². The molecule has 1 aromatic heterocycles. The SMILES string of the molecule is COc1ccc(C(C)(C)c2csc(NC(=O)NCCCO)n2)cc1. The Labute approximate surface area is 145 Å². The van der Waals surface area contributed by atoms with Crippen molar-refractivity contribution in [2.24, 2.45) is 0 Å². The van der Waals surface area contributed by atoms with Crippen molar-refractivity contribution in [1.82, 2.24) is 10.3 Å². The van der Waals surface area contributed by atoms with Crippen molar-refractivity contribution in [3.8, 4) is 5.75 Å². The maximum atomic E-state index is 11.7. The molecule has 2 amide bonds. The molecule has 0 radical (unpaired) electrons. The molecule has 0 unspecified atom stereocenters. The lowest BCUT2D eigenvalue weighted by Gasteiger charge is -2.23. The van der Waals surface area contributed by atoms with E-state index in [-0.39, 0.29) is 18.1 Å². The molecule has 2 aromatic rings. The zero-order valence-electron chi connectivity index (χ0n) is 14.1. The first-order valence-electron chi connectivity index (χ1n) is 7.73. The Kier molecular flexibility index (Phi) is 6.16. The summed E-state index contributed by atoms with van der Waals surface area (Å²) in [5.41, 5.74) is 1.73. The summed E-state index contributed by atoms with van der Waals surface area (Å²) in [5.74, 6) is 0.815. The molecule has 2 rings (SSSR count). The maximum absolute atomic E-state index is 11.7. The standard InChI is InChI=1S/C17H23N3O3S/c1-17(2,12-5-7-13(23-3)8-6-12)14-11-24-16(19-14)20-15(22)18-9-4-10-21/h5-8,11,21H,4,9-10H2,1-3H3,(H2,18,19,20,22). The number of nitrogens with one attached hydrogen (secondary N) is 2. The van der Waals surface area contributed by atoms with Gasteiger partial charge in [-0.05, 0) is 24.1 Å². The van der Waals surface area contributed by atoms with Crippen LogP contribution in [0.3, 0.4) is 0 Å². The number of anilines is 1. The van der Waals surface area contributed by atoms with E-state index >= 15 is 0 Å². The van der Waals surface area contributed by atoms with Crippen molar-refractivity contribution in [3.05, 3.63) is 40.9 Å². The highest BCUT2D eigenvalue weighted by Gasteiger charge is 2.26. The molecule has 0 aliphatic rings. The van der Waals surface area contributed by atoms with Gasteiger partial charge in [-0.25, -0.2) is 9.78 Å². The Balaban J connectivity index is 2.06. The molecule has 1 aromatic carbocycles. The average Bonchev–Trinajstić information content (AvgIpc) is 3.04. The van der Waals surface area contributed by atoms with Gasteiger partial charge in [-0.15, -0.1) is 11.3 Å². The largest absolute Gasteiger partial charge is 0.497 e. The fourth-order valence-electron chi connectivity index (χ4n) is 2.20. The van der Waals surface area contributed by atoms with E-state index in [2.05, 4.69) is 29.5 Å². The molecule has 0 bridgehead atoms. The van der Waals surface area contributed by atoms with E-state index in [1.807, 2.05) is 29.6 Å². The summed E-state index contributed by atoms with van der Waals surface area (Å²) in [5, 5.41) is 16.6. The van der Waals surface area contributed by atoms with Crippen LogP contribution in [0.15, 0.2) is 29.6 Å². The van der Waals surface area contributed by atoms with E-state index in [0.29, 0.717) is 18.1 Å². The number of hydrogen-bond donors (Lipinski definition) is 3. The number of hydrogen-bond acceptors (Lipinski definition) is 5. The van der Waals surface area contributed by atoms with Crippen LogP contribution in [0.5, 0.6) is 5.75 Å². The second-order valence-electron chi connectivity index (χ2n) is 5.85. The summed E-state index contributed by atoms with van der Waals surface area (Å²) in [6, 6.07) is 7.58. The van der Waals surface area contributed by atoms with Gasteiger partial charge in [0, 0.05) is 23.9 Å². The van der Waals surface area contributed by atoms with Gasteiger partial charge in [0.25, 0.3) is 0 Å². The van der Waals surface area contributed by atoms with Crippen molar-refractivity contribution >= 4 is 22.5 Å². The maximum Gasteiger partial charge on any atom is 0.321 e. The molecule has 6 nitrogen and oxygen atoms in total. The van der Waals surface area contributed by atoms with Gasteiger partial charge < -0.3 is 15.2 Å². The highest BCUT2D eigenvalue weighted by molar-refractivity contribution is 7.13. The van der Waals surface area contributed by atoms with Crippen molar-refractivity contribution in [2.45, 2.75) is 25.7 Å². The summed E-state index contributed by atoms with van der Waals surface area (Å²) in [6.45, 7) is 4.67. The number of urea groups is 1. The van der Waals surface area contributed by atoms with Gasteiger partial charge >= 0.3 is 6.03 Å². The number of thiazole rings is 1. The summed E-state index contributed by atoms with van der Waals surface area (Å²) in [7, 11) is 1.64. The van der Waals surface area contributed by atoms with Gasteiger partial charge in [-0.3, -0.25) is 5.32 Å². The first kappa shape index (κ1) is 18.2. The molecule has 7 heteroatoms. The van der Waals surface area contributed by atoms with Gasteiger partial charge in [-0.1, -0.05) is 26.0 Å². The monoisotopic (exact) mass is 349 g/mol. The Bertz CT molecular complexity index is 668. The van der Waals surface area contributed by atoms with E-state index in [1.165, 1.54) is 11.3 Å². The van der Waals surface area contributed by atoms with Gasteiger partial charge in [-0.2, -0.15) is 0 Å². The number of methoxy groups -OCH3 is 1. The van der Waals surface area contributed by atoms with Crippen LogP contribution in [-0.2, 0) is 5.41 Å². The molecule has 24 heavy (non-hydrogen) atoms. The number of rotatable bonds is 7. The van der Waals surface area contributed by atoms with Crippen molar-refractivity contribution in [2.75, 3.05) is 25.6 Å². The topological polar surface area (TPSA) is 83.5 Å². The lowest BCUT2D eigenvalue weighted by molar-refractivity contribution is 0.249. The third-order valence-electron chi connectivity index (χ3n) is 3.80. The summed E-state index contributed by atoms with van der Waals surface area (Å²) in [4.78, 5) is 16.3. The molecule has 130 valence electrons. The zero-order chi connectivity index (χ0) is 17.6. The number of aromatic nitrogens is 1. The average molecular weight is 349 g/mol. The quantitative estimate of drug-likeness (QED) is 0.671. The van der Waals surface area contributed by atoms with Crippen LogP contribution in [0.2, 0.25) is 0 Å². The number of ether oxygens (including phenoxy) is 1. The van der Waals surface area contributed by atoms with E-state index in [1.54, 1.807) is 7.11 Å². The number of aliphatic hydroxyl groups is 1. The Morgan fingerprint density at radius 3 is 2.67 bits per heavy atom. The highest BCUT2D eigenvalue weighted by Crippen LogP contribution is 2.34. The smallest absolute Gasteiger partial charge is 0.321 e. The van der Waals surface area contributed by atoms with Gasteiger partial charge in [0.2, 0.25) is 0 Å². The Morgan fingerprint density at radius 1 is 1.33 bits per heavy atom. The van der Waals surface area contributed by atoms with Crippen molar-refractivity contribution < 1.29 is 14.6 Å². The summed E-state index contributed by atoms with van der Waals surface area (Å²) >= 11 is 1.39. The van der Waals surface area contributed by atoms with Gasteiger partial charge in [0.15, 0.2) is 5.13 Å². The molecule has 0 saturated heterocycles. The van der Waals surface area contributed by atoms with E-state index < -0.39 is 0 Å². The molecule has 3 N–H and O–H groups in total. The number of carbonyl (C=O) groups excluding carboxylic acids is 1. The number of amides is 2. The molecule has 0 aliphatic heterocycles. The van der Waals surface area contributed by atoms with E-state index in [9.17, 15) is 4.79 Å². The van der Waals surface area contributed by atoms with Crippen LogP contribution in [-0.4, -0.2) is 36.4 Å². The normalized spacial score (nSPS) is 11.2. The minimum absolute atomic E-state index is 0.0533. The lowest BCUT2D eigenvalue weighted by Crippen LogP contribution is -2.30. The van der Waals surface area contributed by atoms with Crippen LogP contribution < -0.4 is 15.4 Å². The van der Waals surface area contributed by atoms with E-state index in [4.69, 9.17) is 9.84 Å². The first-order valence-corrected chi connectivity index (χ1v) is 8.61. The number of nitrogens with zero attached hydrogens (tertiary/aromatic N) is 1. The van der Waals surface area contributed by atoms with Crippen LogP contribution in [0.25, 0.3) is 0 Å². The predicted molar refractivity (Wildman–Crippen MR) is 96.0 cm³/mol. The van der Waals surface area contributed by atoms with Gasteiger partial charge in [0.1, 0.15) is 5.75 Å². The number of aliphatic hydroxyl groups excluding tert-OH is 1. The molecule has 0 saturated carbocycles. The molecular formula is C17H23N3O3S. The fourth-order valence-corrected chi connectivity index (χ4v) is 3.07. The molecule has 0 atom stereocenters. The first-order chi connectivity index (χ1) is 11.5. The second-order valence-corrected chi connectivity index (χ2v) is 6.71. The Morgan fingerprint density at radius 2 is 2.04 bits per heavy atom. The van der Waals surface area contributed by atoms with E-state index in [0.717, 1.165) is 17.0 Å². The minimum Gasteiger partial charge on any atom is -0.497 e. The van der Waals surface area contributed by atoms with Crippen LogP contribution in [0.1, 0.15) is 31.5 Å². The van der Waals surface area contributed by atoms with Crippen LogP contribution >= 0.6 is 11.3 Å². The zero-order valence-corrected chi connectivity index (χ0v) is 14.9. The third-order valence-corrected chi connectivity index (χ3v) is 4.55. The Hall–Kier alpha value is -2.12. The molecule has 0 spiro atoms. The summed E-state index contributed by atoms with van der Waals surface area (Å²) in [6.07, 6.45) is 0.529. The molecule has 1 heterocycles. The summed E-state index contributed by atoms with van der Waals surface area (Å²) < 4.78 is 5.19. The van der Waals surface area contributed by atoms with Gasteiger partial charge in [0.05, 0.1) is 12.8 Å². The lowest BCUT2D eigenvalue weighted by atomic mass is 9.82. The van der Waals surface area contributed by atoms with Crippen LogP contribution in [0, 0.1) is 0 Å². The molecular weight excluding hydrogens is 326 g/mol. The minimum atomic E-state index is -0.313. The second kappa shape index (κ2) is 8.12. The highest BCUT2D eigenvalue weighted by atomic mass is 32.1. The van der Waals surface area contributed by atoms with Crippen LogP contribution in [0.4, 0.5) is 9.93 Å². The third kappa shape index (κ3) is 4.46. The fraction of sp³-hybridized carbons (Fsp3) is 0.412.